The number of ether oxygens (including phenoxy) is 2. The Morgan fingerprint density at radius 1 is 1.05 bits per heavy atom. The molecule has 4 aromatic rings. The number of amides is 1. The van der Waals surface area contributed by atoms with Crippen molar-refractivity contribution < 1.29 is 24.2 Å². The smallest absolute Gasteiger partial charge is 0.408 e. The normalized spacial score (nSPS) is 14.5. The molecule has 0 saturated heterocycles. The van der Waals surface area contributed by atoms with Crippen LogP contribution in [0.1, 0.15) is 63.0 Å². The number of hydrogen-bond donors (Lipinski definition) is 2. The predicted octanol–water partition coefficient (Wildman–Crippen LogP) is 6.06. The van der Waals surface area contributed by atoms with Gasteiger partial charge in [0.2, 0.25) is 0 Å². The third-order valence-corrected chi connectivity index (χ3v) is 6.77. The SMILES string of the molecule is CCOc1cc(C(=O)O)nn2c(-c3ccccc3)c(-c3ccc(C4(NC(=O)OC(C)(C)C)CCC4)cc3)nc12. The molecule has 0 atom stereocenters. The van der Waals surface area contributed by atoms with Crippen LogP contribution in [0.3, 0.4) is 0 Å². The summed E-state index contributed by atoms with van der Waals surface area (Å²) in [6.45, 7) is 7.72. The fraction of sp³-hybridized carbons (Fsp3) is 0.333. The third kappa shape index (κ3) is 5.16. The van der Waals surface area contributed by atoms with Gasteiger partial charge < -0.3 is 19.9 Å². The molecule has 2 aromatic heterocycles. The van der Waals surface area contributed by atoms with E-state index in [0.717, 1.165) is 36.0 Å². The number of hydrogen-bond acceptors (Lipinski definition) is 6. The highest BCUT2D eigenvalue weighted by molar-refractivity contribution is 5.88. The summed E-state index contributed by atoms with van der Waals surface area (Å²) in [7, 11) is 0. The molecule has 0 aliphatic heterocycles. The van der Waals surface area contributed by atoms with Crippen molar-refractivity contribution in [2.75, 3.05) is 6.61 Å². The average Bonchev–Trinajstić information content (AvgIpc) is 3.26. The zero-order valence-corrected chi connectivity index (χ0v) is 22.5. The van der Waals surface area contributed by atoms with Gasteiger partial charge in [-0.2, -0.15) is 5.10 Å². The summed E-state index contributed by atoms with van der Waals surface area (Å²) in [5.74, 6) is -0.806. The molecule has 0 spiro atoms. The number of nitrogens with zero attached hydrogens (tertiary/aromatic N) is 3. The maximum absolute atomic E-state index is 12.6. The highest BCUT2D eigenvalue weighted by Crippen LogP contribution is 2.43. The number of rotatable bonds is 7. The topological polar surface area (TPSA) is 115 Å². The molecule has 1 amide bonds. The number of aromatic carboxylic acids is 1. The molecule has 0 bridgehead atoms. The van der Waals surface area contributed by atoms with Crippen LogP contribution in [0.4, 0.5) is 4.79 Å². The summed E-state index contributed by atoms with van der Waals surface area (Å²) in [5.41, 5.74) is 3.21. The highest BCUT2D eigenvalue weighted by atomic mass is 16.6. The molecule has 39 heavy (non-hydrogen) atoms. The Labute approximate surface area is 226 Å². The Morgan fingerprint density at radius 2 is 1.74 bits per heavy atom. The minimum atomic E-state index is -1.15. The first-order chi connectivity index (χ1) is 18.6. The van der Waals surface area contributed by atoms with E-state index in [-0.39, 0.29) is 5.69 Å². The second-order valence-electron chi connectivity index (χ2n) is 10.7. The lowest BCUT2D eigenvalue weighted by molar-refractivity contribution is 0.0377. The van der Waals surface area contributed by atoms with Crippen molar-refractivity contribution in [2.45, 2.75) is 58.1 Å². The van der Waals surface area contributed by atoms with E-state index in [2.05, 4.69) is 10.4 Å². The van der Waals surface area contributed by atoms with E-state index >= 15 is 0 Å². The standard InChI is InChI=1S/C30H32N4O5/c1-5-38-23-18-22(27(35)36)33-34-25(20-10-7-6-8-11-20)24(31-26(23)34)19-12-14-21(15-13-19)30(16-9-17-30)32-28(37)39-29(2,3)4/h6-8,10-15,18H,5,9,16-17H2,1-4H3,(H,32,37)(H,35,36). The minimum Gasteiger partial charge on any atom is -0.490 e. The van der Waals surface area contributed by atoms with E-state index in [4.69, 9.17) is 14.5 Å². The molecule has 0 unspecified atom stereocenters. The molecule has 202 valence electrons. The second kappa shape index (κ2) is 10.1. The van der Waals surface area contributed by atoms with Crippen molar-refractivity contribution in [2.24, 2.45) is 0 Å². The molecular weight excluding hydrogens is 496 g/mol. The third-order valence-electron chi connectivity index (χ3n) is 6.77. The van der Waals surface area contributed by atoms with Gasteiger partial charge in [-0.15, -0.1) is 0 Å². The summed E-state index contributed by atoms with van der Waals surface area (Å²) in [6, 6.07) is 19.0. The number of carboxylic acids is 1. The van der Waals surface area contributed by atoms with E-state index in [1.165, 1.54) is 6.07 Å². The maximum atomic E-state index is 12.6. The first-order valence-electron chi connectivity index (χ1n) is 13.1. The second-order valence-corrected chi connectivity index (χ2v) is 10.7. The molecule has 2 aromatic carbocycles. The first kappa shape index (κ1) is 26.2. The van der Waals surface area contributed by atoms with Crippen LogP contribution >= 0.6 is 0 Å². The van der Waals surface area contributed by atoms with Crippen LogP contribution in [0.5, 0.6) is 5.75 Å². The van der Waals surface area contributed by atoms with E-state index in [0.29, 0.717) is 29.4 Å². The zero-order valence-electron chi connectivity index (χ0n) is 22.5. The number of carbonyl (C=O) groups is 2. The van der Waals surface area contributed by atoms with Crippen molar-refractivity contribution in [3.05, 3.63) is 71.9 Å². The van der Waals surface area contributed by atoms with Crippen LogP contribution < -0.4 is 10.1 Å². The molecule has 9 nitrogen and oxygen atoms in total. The number of carbonyl (C=O) groups excluding carboxylic acids is 1. The molecule has 1 aliphatic carbocycles. The zero-order chi connectivity index (χ0) is 27.8. The van der Waals surface area contributed by atoms with Gasteiger partial charge in [0.05, 0.1) is 17.8 Å². The lowest BCUT2D eigenvalue weighted by Gasteiger charge is -2.43. The van der Waals surface area contributed by atoms with Crippen molar-refractivity contribution in [3.8, 4) is 28.3 Å². The monoisotopic (exact) mass is 528 g/mol. The van der Waals surface area contributed by atoms with Gasteiger partial charge >= 0.3 is 12.1 Å². The fourth-order valence-corrected chi connectivity index (χ4v) is 4.88. The van der Waals surface area contributed by atoms with Crippen molar-refractivity contribution in [1.82, 2.24) is 19.9 Å². The molecule has 2 heterocycles. The molecule has 5 rings (SSSR count). The molecular formula is C30H32N4O5. The Hall–Kier alpha value is -4.40. The number of nitrogens with one attached hydrogen (secondary N) is 1. The highest BCUT2D eigenvalue weighted by Gasteiger charge is 2.41. The molecule has 9 heteroatoms. The summed E-state index contributed by atoms with van der Waals surface area (Å²) >= 11 is 0. The van der Waals surface area contributed by atoms with Crippen LogP contribution in [-0.4, -0.2) is 44.0 Å². The summed E-state index contributed by atoms with van der Waals surface area (Å²) < 4.78 is 12.8. The molecule has 1 fully saturated rings. The van der Waals surface area contributed by atoms with Crippen molar-refractivity contribution in [1.29, 1.82) is 0 Å². The van der Waals surface area contributed by atoms with Gasteiger partial charge in [0.1, 0.15) is 11.3 Å². The van der Waals surface area contributed by atoms with Crippen LogP contribution in [0.25, 0.3) is 28.2 Å². The number of carboxylic acid groups (broad SMARTS) is 1. The fourth-order valence-electron chi connectivity index (χ4n) is 4.88. The van der Waals surface area contributed by atoms with Gasteiger partial charge in [0, 0.05) is 17.2 Å². The minimum absolute atomic E-state index is 0.137. The number of imidazole rings is 1. The van der Waals surface area contributed by atoms with Crippen LogP contribution in [0.2, 0.25) is 0 Å². The Bertz CT molecular complexity index is 1520. The van der Waals surface area contributed by atoms with E-state index in [9.17, 15) is 14.7 Å². The summed E-state index contributed by atoms with van der Waals surface area (Å²) in [6.07, 6.45) is 2.24. The van der Waals surface area contributed by atoms with E-state index in [1.807, 2.05) is 82.3 Å². The molecule has 2 N–H and O–H groups in total. The first-order valence-corrected chi connectivity index (χ1v) is 13.1. The Balaban J connectivity index is 1.60. The van der Waals surface area contributed by atoms with Gasteiger partial charge in [0.15, 0.2) is 17.1 Å². The van der Waals surface area contributed by atoms with Crippen LogP contribution in [0.15, 0.2) is 60.7 Å². The molecule has 1 aliphatic rings. The largest absolute Gasteiger partial charge is 0.490 e. The van der Waals surface area contributed by atoms with Crippen molar-refractivity contribution in [3.63, 3.8) is 0 Å². The number of alkyl carbamates (subject to hydrolysis) is 1. The lowest BCUT2D eigenvalue weighted by atomic mass is 9.71. The van der Waals surface area contributed by atoms with Gasteiger partial charge in [-0.05, 0) is 52.5 Å². The quantitative estimate of drug-likeness (QED) is 0.299. The predicted molar refractivity (Wildman–Crippen MR) is 147 cm³/mol. The lowest BCUT2D eigenvalue weighted by Crippen LogP contribution is -2.52. The maximum Gasteiger partial charge on any atom is 0.408 e. The summed E-state index contributed by atoms with van der Waals surface area (Å²) in [4.78, 5) is 29.3. The van der Waals surface area contributed by atoms with Gasteiger partial charge in [-0.25, -0.2) is 19.1 Å². The van der Waals surface area contributed by atoms with Gasteiger partial charge in [-0.1, -0.05) is 54.6 Å². The molecule has 1 saturated carbocycles. The Kier molecular flexibility index (Phi) is 6.76. The molecule has 0 radical (unpaired) electrons. The number of aromatic nitrogens is 3. The summed E-state index contributed by atoms with van der Waals surface area (Å²) in [5, 5.41) is 17.2. The average molecular weight is 529 g/mol. The van der Waals surface area contributed by atoms with Crippen LogP contribution in [-0.2, 0) is 10.3 Å². The van der Waals surface area contributed by atoms with Gasteiger partial charge in [0.25, 0.3) is 0 Å². The van der Waals surface area contributed by atoms with Gasteiger partial charge in [-0.3, -0.25) is 0 Å². The van der Waals surface area contributed by atoms with Crippen molar-refractivity contribution >= 4 is 17.7 Å². The van der Waals surface area contributed by atoms with E-state index < -0.39 is 23.2 Å². The number of fused-ring (bicyclic) bond motifs is 1. The number of benzene rings is 2. The van der Waals surface area contributed by atoms with Crippen LogP contribution in [0, 0.1) is 0 Å². The van der Waals surface area contributed by atoms with E-state index in [1.54, 1.807) is 4.52 Å². The Morgan fingerprint density at radius 3 is 2.31 bits per heavy atom.